The van der Waals surface area contributed by atoms with Crippen LogP contribution in [0, 0.1) is 0 Å². The van der Waals surface area contributed by atoms with Gasteiger partial charge in [0.2, 0.25) is 0 Å². The van der Waals surface area contributed by atoms with Crippen molar-refractivity contribution in [3.05, 3.63) is 35.4 Å². The Balaban J connectivity index is 2.19. The summed E-state index contributed by atoms with van der Waals surface area (Å²) in [5, 5.41) is 0. The molecule has 1 fully saturated rings. The number of ether oxygens (including phenoxy) is 1. The van der Waals surface area contributed by atoms with Crippen LogP contribution in [0.15, 0.2) is 24.3 Å². The second-order valence-corrected chi connectivity index (χ2v) is 4.26. The zero-order valence-corrected chi connectivity index (χ0v) is 9.97. The molecule has 1 amide bonds. The topological polar surface area (TPSA) is 46.6 Å². The van der Waals surface area contributed by atoms with Crippen LogP contribution in [0.4, 0.5) is 4.79 Å². The van der Waals surface area contributed by atoms with E-state index in [-0.39, 0.29) is 17.9 Å². The maximum absolute atomic E-state index is 11.5. The summed E-state index contributed by atoms with van der Waals surface area (Å²) >= 11 is 0. The highest BCUT2D eigenvalue weighted by atomic mass is 16.6. The minimum Gasteiger partial charge on any atom is -0.447 e. The minimum atomic E-state index is -0.296. The summed E-state index contributed by atoms with van der Waals surface area (Å²) < 4.78 is 4.95. The largest absolute Gasteiger partial charge is 0.447 e. The predicted octanol–water partition coefficient (Wildman–Crippen LogP) is 1.88. The van der Waals surface area contributed by atoms with Crippen molar-refractivity contribution in [1.29, 1.82) is 0 Å². The van der Waals surface area contributed by atoms with Crippen LogP contribution in [-0.4, -0.2) is 36.5 Å². The summed E-state index contributed by atoms with van der Waals surface area (Å²) in [4.78, 5) is 24.3. The van der Waals surface area contributed by atoms with Gasteiger partial charge in [-0.15, -0.1) is 0 Å². The molecule has 0 bridgehead atoms. The van der Waals surface area contributed by atoms with E-state index in [1.54, 1.807) is 18.9 Å². The fourth-order valence-electron chi connectivity index (χ4n) is 2.02. The molecule has 4 nitrogen and oxygen atoms in total. The highest BCUT2D eigenvalue weighted by molar-refractivity contribution is 5.95. The zero-order valence-electron chi connectivity index (χ0n) is 9.97. The molecule has 1 unspecified atom stereocenters. The Morgan fingerprint density at radius 2 is 2.18 bits per heavy atom. The van der Waals surface area contributed by atoms with Gasteiger partial charge >= 0.3 is 6.09 Å². The Hall–Kier alpha value is -1.84. The van der Waals surface area contributed by atoms with E-state index in [0.29, 0.717) is 13.0 Å². The number of carbonyl (C=O) groups excluding carboxylic acids is 2. The standard InChI is InChI=1S/C13H15NO3/c1-9(15)12-6-4-3-5-10(12)7-11-8-17-13(16)14(11)2/h3-6,11H,7-8H2,1-2H3. The summed E-state index contributed by atoms with van der Waals surface area (Å²) in [5.74, 6) is 0.0495. The molecule has 4 heteroatoms. The molecule has 90 valence electrons. The van der Waals surface area contributed by atoms with Crippen molar-refractivity contribution in [2.24, 2.45) is 0 Å². The monoisotopic (exact) mass is 233 g/mol. The molecular formula is C13H15NO3. The van der Waals surface area contributed by atoms with Crippen molar-refractivity contribution in [1.82, 2.24) is 4.90 Å². The maximum atomic E-state index is 11.5. The van der Waals surface area contributed by atoms with Crippen molar-refractivity contribution in [2.45, 2.75) is 19.4 Å². The highest BCUT2D eigenvalue weighted by Gasteiger charge is 2.30. The number of benzene rings is 1. The Labute approximate surface area is 100 Å². The first-order valence-electron chi connectivity index (χ1n) is 5.58. The van der Waals surface area contributed by atoms with E-state index in [2.05, 4.69) is 0 Å². The quantitative estimate of drug-likeness (QED) is 0.749. The van der Waals surface area contributed by atoms with Crippen LogP contribution >= 0.6 is 0 Å². The molecule has 1 atom stereocenters. The lowest BCUT2D eigenvalue weighted by atomic mass is 9.98. The number of ketones is 1. The minimum absolute atomic E-state index is 0.0167. The molecule has 2 rings (SSSR count). The van der Waals surface area contributed by atoms with Crippen LogP contribution in [0.3, 0.4) is 0 Å². The molecule has 17 heavy (non-hydrogen) atoms. The number of likely N-dealkylation sites (N-methyl/N-ethyl adjacent to an activating group) is 1. The van der Waals surface area contributed by atoms with Crippen LogP contribution in [0.1, 0.15) is 22.8 Å². The van der Waals surface area contributed by atoms with Gasteiger partial charge in [0.1, 0.15) is 6.61 Å². The number of hydrogen-bond donors (Lipinski definition) is 0. The molecule has 1 aliphatic heterocycles. The van der Waals surface area contributed by atoms with Gasteiger partial charge in [0.25, 0.3) is 0 Å². The fourth-order valence-corrected chi connectivity index (χ4v) is 2.02. The number of rotatable bonds is 3. The van der Waals surface area contributed by atoms with E-state index in [1.807, 2.05) is 24.3 Å². The Morgan fingerprint density at radius 3 is 2.76 bits per heavy atom. The second kappa shape index (κ2) is 4.57. The molecule has 0 N–H and O–H groups in total. The van der Waals surface area contributed by atoms with Crippen molar-refractivity contribution in [3.8, 4) is 0 Å². The molecule has 1 aliphatic rings. The van der Waals surface area contributed by atoms with Crippen LogP contribution in [0.2, 0.25) is 0 Å². The van der Waals surface area contributed by atoms with Gasteiger partial charge < -0.3 is 9.64 Å². The number of nitrogens with zero attached hydrogens (tertiary/aromatic N) is 1. The van der Waals surface area contributed by atoms with E-state index in [9.17, 15) is 9.59 Å². The first-order valence-corrected chi connectivity index (χ1v) is 5.58. The van der Waals surface area contributed by atoms with Crippen molar-refractivity contribution in [2.75, 3.05) is 13.7 Å². The normalized spacial score (nSPS) is 19.3. The summed E-state index contributed by atoms with van der Waals surface area (Å²) in [5.41, 5.74) is 1.69. The van der Waals surface area contributed by atoms with E-state index in [4.69, 9.17) is 4.74 Å². The average Bonchev–Trinajstić information content (AvgIpc) is 2.61. The van der Waals surface area contributed by atoms with Crippen LogP contribution in [0.5, 0.6) is 0 Å². The molecule has 0 saturated carbocycles. The van der Waals surface area contributed by atoms with Gasteiger partial charge in [-0.1, -0.05) is 24.3 Å². The molecule has 0 aliphatic carbocycles. The van der Waals surface area contributed by atoms with Crippen molar-refractivity contribution >= 4 is 11.9 Å². The summed E-state index contributed by atoms with van der Waals surface area (Å²) in [6, 6.07) is 7.51. The SMILES string of the molecule is CC(=O)c1ccccc1CC1COC(=O)N1C. The number of hydrogen-bond acceptors (Lipinski definition) is 3. The average molecular weight is 233 g/mol. The van der Waals surface area contributed by atoms with Gasteiger partial charge in [0, 0.05) is 12.6 Å². The maximum Gasteiger partial charge on any atom is 0.409 e. The Bertz CT molecular complexity index is 456. The molecule has 0 spiro atoms. The van der Waals surface area contributed by atoms with Gasteiger partial charge in [-0.05, 0) is 18.9 Å². The van der Waals surface area contributed by atoms with Crippen LogP contribution < -0.4 is 0 Å². The third-order valence-electron chi connectivity index (χ3n) is 3.09. The number of cyclic esters (lactones) is 1. The molecule has 1 aromatic carbocycles. The van der Waals surface area contributed by atoms with E-state index >= 15 is 0 Å². The van der Waals surface area contributed by atoms with Crippen LogP contribution in [-0.2, 0) is 11.2 Å². The number of amides is 1. The molecule has 0 aromatic heterocycles. The van der Waals surface area contributed by atoms with Crippen molar-refractivity contribution < 1.29 is 14.3 Å². The third-order valence-corrected chi connectivity index (χ3v) is 3.09. The Kier molecular flexibility index (Phi) is 3.13. The van der Waals surface area contributed by atoms with Crippen molar-refractivity contribution in [3.63, 3.8) is 0 Å². The molecule has 0 radical (unpaired) electrons. The first-order chi connectivity index (χ1) is 8.09. The molecular weight excluding hydrogens is 218 g/mol. The summed E-state index contributed by atoms with van der Waals surface area (Å²) in [7, 11) is 1.72. The molecule has 1 saturated heterocycles. The van der Waals surface area contributed by atoms with Crippen LogP contribution in [0.25, 0.3) is 0 Å². The van der Waals surface area contributed by atoms with Gasteiger partial charge in [0.15, 0.2) is 5.78 Å². The van der Waals surface area contributed by atoms with E-state index in [1.165, 1.54) is 0 Å². The van der Waals surface area contributed by atoms with Gasteiger partial charge in [-0.3, -0.25) is 4.79 Å². The van der Waals surface area contributed by atoms with E-state index < -0.39 is 0 Å². The lowest BCUT2D eigenvalue weighted by molar-refractivity contribution is 0.101. The van der Waals surface area contributed by atoms with Gasteiger partial charge in [0.05, 0.1) is 6.04 Å². The van der Waals surface area contributed by atoms with E-state index in [0.717, 1.165) is 11.1 Å². The molecule has 1 aromatic rings. The smallest absolute Gasteiger partial charge is 0.409 e. The first kappa shape index (κ1) is 11.6. The summed E-state index contributed by atoms with van der Waals surface area (Å²) in [6.07, 6.45) is 0.355. The Morgan fingerprint density at radius 1 is 1.47 bits per heavy atom. The van der Waals surface area contributed by atoms with Gasteiger partial charge in [-0.25, -0.2) is 4.79 Å². The highest BCUT2D eigenvalue weighted by Crippen LogP contribution is 2.18. The third kappa shape index (κ3) is 2.30. The van der Waals surface area contributed by atoms with Gasteiger partial charge in [-0.2, -0.15) is 0 Å². The summed E-state index contributed by atoms with van der Waals surface area (Å²) in [6.45, 7) is 1.94. The lowest BCUT2D eigenvalue weighted by Gasteiger charge is -2.17. The lowest BCUT2D eigenvalue weighted by Crippen LogP contribution is -2.31. The zero-order chi connectivity index (χ0) is 12.4. The molecule has 1 heterocycles. The fraction of sp³-hybridized carbons (Fsp3) is 0.385. The second-order valence-electron chi connectivity index (χ2n) is 4.26. The number of Topliss-reactive ketones (excluding diaryl/α,β-unsaturated/α-hetero) is 1. The number of carbonyl (C=O) groups is 2. The predicted molar refractivity (Wildman–Crippen MR) is 63.0 cm³/mol.